The van der Waals surface area contributed by atoms with E-state index in [-0.39, 0.29) is 25.0 Å². The van der Waals surface area contributed by atoms with Gasteiger partial charge >= 0.3 is 12.0 Å². The first-order valence-corrected chi connectivity index (χ1v) is 7.67. The zero-order chi connectivity index (χ0) is 16.4. The molecule has 0 radical (unpaired) electrons. The van der Waals surface area contributed by atoms with Crippen molar-refractivity contribution in [1.82, 2.24) is 5.32 Å². The number of benzene rings is 1. The fourth-order valence-electron chi connectivity index (χ4n) is 2.64. The van der Waals surface area contributed by atoms with Crippen molar-refractivity contribution < 1.29 is 23.8 Å². The highest BCUT2D eigenvalue weighted by atomic mass is 35.5. The number of carbonyl (C=O) groups is 2. The Morgan fingerprint density at radius 2 is 2.22 bits per heavy atom. The molecule has 122 valence electrons. The molecule has 23 heavy (non-hydrogen) atoms. The molecule has 1 aromatic rings. The highest BCUT2D eigenvalue weighted by Crippen LogP contribution is 2.37. The fourth-order valence-corrected chi connectivity index (χ4v) is 2.87. The van der Waals surface area contributed by atoms with E-state index in [1.165, 1.54) is 0 Å². The topological polar surface area (TPSA) is 86.2 Å². The first-order chi connectivity index (χ1) is 11.1. The predicted molar refractivity (Wildman–Crippen MR) is 82.1 cm³/mol. The Bertz CT molecular complexity index is 676. The van der Waals surface area contributed by atoms with Crippen molar-refractivity contribution in [1.29, 1.82) is 0 Å². The Morgan fingerprint density at radius 1 is 1.43 bits per heavy atom. The lowest BCUT2D eigenvalue weighted by Gasteiger charge is -2.30. The van der Waals surface area contributed by atoms with Gasteiger partial charge in [0.15, 0.2) is 11.5 Å². The van der Waals surface area contributed by atoms with Crippen LogP contribution >= 0.6 is 11.6 Å². The maximum atomic E-state index is 12.3. The maximum absolute atomic E-state index is 12.3. The van der Waals surface area contributed by atoms with Crippen LogP contribution in [0.4, 0.5) is 4.79 Å². The molecule has 2 amide bonds. The molecule has 2 unspecified atom stereocenters. The lowest BCUT2D eigenvalue weighted by Crippen LogP contribution is -2.45. The zero-order valence-corrected chi connectivity index (χ0v) is 13.1. The molecular weight excluding hydrogens is 324 g/mol. The number of hydrogen-bond donors (Lipinski definition) is 1. The normalized spacial score (nSPS) is 22.3. The molecule has 2 atom stereocenters. The Morgan fingerprint density at radius 3 is 2.96 bits per heavy atom. The maximum Gasteiger partial charge on any atom is 0.341 e. The van der Waals surface area contributed by atoms with Gasteiger partial charge in [-0.05, 0) is 24.6 Å². The number of rotatable bonds is 4. The van der Waals surface area contributed by atoms with Crippen LogP contribution in [0.1, 0.15) is 18.5 Å². The van der Waals surface area contributed by atoms with Gasteiger partial charge in [0.05, 0.1) is 24.2 Å². The largest absolute Gasteiger partial charge is 0.465 e. The van der Waals surface area contributed by atoms with E-state index in [0.717, 1.165) is 0 Å². The average molecular weight is 339 g/mol. The molecule has 0 aliphatic carbocycles. The van der Waals surface area contributed by atoms with Crippen LogP contribution in [-0.2, 0) is 9.53 Å². The summed E-state index contributed by atoms with van der Waals surface area (Å²) in [5.74, 6) is -0.0954. The van der Waals surface area contributed by atoms with Crippen molar-refractivity contribution >= 4 is 29.3 Å². The fraction of sp³-hybridized carbons (Fsp3) is 0.400. The van der Waals surface area contributed by atoms with Gasteiger partial charge in [-0.15, -0.1) is 11.6 Å². The van der Waals surface area contributed by atoms with Crippen molar-refractivity contribution in [2.45, 2.75) is 13.0 Å². The monoisotopic (exact) mass is 338 g/mol. The van der Waals surface area contributed by atoms with E-state index in [0.29, 0.717) is 17.1 Å². The molecule has 1 N–H and O–H groups in total. The van der Waals surface area contributed by atoms with Gasteiger partial charge < -0.3 is 19.5 Å². The van der Waals surface area contributed by atoms with Crippen LogP contribution in [0.2, 0.25) is 0 Å². The number of nitrogens with one attached hydrogen (secondary N) is 1. The van der Waals surface area contributed by atoms with E-state index >= 15 is 0 Å². The molecule has 0 aromatic heterocycles. The van der Waals surface area contributed by atoms with E-state index in [1.54, 1.807) is 25.1 Å². The van der Waals surface area contributed by atoms with Gasteiger partial charge in [0.1, 0.15) is 5.92 Å². The SMILES string of the molecule is CCOC(=O)C1C(CCl)=NC(=O)NC1c1ccc2c(c1)OCO2. The van der Waals surface area contributed by atoms with E-state index < -0.39 is 24.0 Å². The van der Waals surface area contributed by atoms with Crippen LogP contribution in [0.3, 0.4) is 0 Å². The number of nitrogens with zero attached hydrogens (tertiary/aromatic N) is 1. The number of fused-ring (bicyclic) bond motifs is 1. The Balaban J connectivity index is 1.99. The third kappa shape index (κ3) is 2.96. The van der Waals surface area contributed by atoms with Gasteiger partial charge in [0.2, 0.25) is 6.79 Å². The van der Waals surface area contributed by atoms with Gasteiger partial charge in [-0.25, -0.2) is 9.79 Å². The highest BCUT2D eigenvalue weighted by Gasteiger charge is 2.39. The molecule has 0 saturated heterocycles. The summed E-state index contributed by atoms with van der Waals surface area (Å²) >= 11 is 5.87. The number of esters is 1. The summed E-state index contributed by atoms with van der Waals surface area (Å²) < 4.78 is 15.7. The number of carbonyl (C=O) groups excluding carboxylic acids is 2. The minimum atomic E-state index is -0.773. The number of amides is 2. The molecule has 2 aliphatic heterocycles. The van der Waals surface area contributed by atoms with Crippen molar-refractivity contribution in [3.8, 4) is 11.5 Å². The first-order valence-electron chi connectivity index (χ1n) is 7.14. The number of alkyl halides is 1. The van der Waals surface area contributed by atoms with Crippen LogP contribution in [0.5, 0.6) is 11.5 Å². The molecular formula is C15H15ClN2O5. The van der Waals surface area contributed by atoms with Gasteiger partial charge in [-0.3, -0.25) is 4.79 Å². The van der Waals surface area contributed by atoms with Crippen molar-refractivity contribution in [2.24, 2.45) is 10.9 Å². The summed E-state index contributed by atoms with van der Waals surface area (Å²) in [5, 5.41) is 2.70. The lowest BCUT2D eigenvalue weighted by molar-refractivity contribution is -0.146. The van der Waals surface area contributed by atoms with Crippen molar-refractivity contribution in [3.05, 3.63) is 23.8 Å². The van der Waals surface area contributed by atoms with E-state index in [4.69, 9.17) is 25.8 Å². The Kier molecular flexibility index (Phi) is 4.38. The lowest BCUT2D eigenvalue weighted by atomic mass is 9.88. The highest BCUT2D eigenvalue weighted by molar-refractivity contribution is 6.32. The van der Waals surface area contributed by atoms with Crippen LogP contribution in [-0.4, -0.2) is 37.0 Å². The minimum absolute atomic E-state index is 0.0298. The molecule has 3 rings (SSSR count). The van der Waals surface area contributed by atoms with Crippen LogP contribution in [0.15, 0.2) is 23.2 Å². The van der Waals surface area contributed by atoms with Crippen molar-refractivity contribution in [2.75, 3.05) is 19.3 Å². The summed E-state index contributed by atoms with van der Waals surface area (Å²) in [4.78, 5) is 27.9. The summed E-state index contributed by atoms with van der Waals surface area (Å²) in [7, 11) is 0. The number of ether oxygens (including phenoxy) is 3. The van der Waals surface area contributed by atoms with Gasteiger partial charge in [-0.2, -0.15) is 0 Å². The van der Waals surface area contributed by atoms with Crippen LogP contribution in [0.25, 0.3) is 0 Å². The summed E-state index contributed by atoms with van der Waals surface area (Å²) in [6.07, 6.45) is 0. The summed E-state index contributed by atoms with van der Waals surface area (Å²) in [6, 6.07) is 4.07. The van der Waals surface area contributed by atoms with Crippen LogP contribution in [0, 0.1) is 5.92 Å². The second-order valence-electron chi connectivity index (χ2n) is 5.01. The zero-order valence-electron chi connectivity index (χ0n) is 12.4. The molecule has 0 saturated carbocycles. The molecule has 8 heteroatoms. The second-order valence-corrected chi connectivity index (χ2v) is 5.27. The first kappa shape index (κ1) is 15.6. The van der Waals surface area contributed by atoms with Gasteiger partial charge in [-0.1, -0.05) is 6.07 Å². The van der Waals surface area contributed by atoms with E-state index in [1.807, 2.05) is 0 Å². The molecule has 0 bridgehead atoms. The number of hydrogen-bond acceptors (Lipinski definition) is 5. The third-order valence-electron chi connectivity index (χ3n) is 3.65. The van der Waals surface area contributed by atoms with Gasteiger partial charge in [0, 0.05) is 0 Å². The summed E-state index contributed by atoms with van der Waals surface area (Å²) in [5.41, 5.74) is 0.981. The van der Waals surface area contributed by atoms with Gasteiger partial charge in [0.25, 0.3) is 0 Å². The van der Waals surface area contributed by atoms with Crippen molar-refractivity contribution in [3.63, 3.8) is 0 Å². The Labute approximate surface area is 137 Å². The van der Waals surface area contributed by atoms with E-state index in [9.17, 15) is 9.59 Å². The number of urea groups is 1. The number of halogens is 1. The molecule has 0 spiro atoms. The molecule has 0 fully saturated rings. The standard InChI is InChI=1S/C15H15ClN2O5/c1-2-21-14(19)12-9(6-16)17-15(20)18-13(12)8-3-4-10-11(5-8)23-7-22-10/h3-5,12-13H,2,6-7H2,1H3,(H,18,20). The molecule has 1 aromatic carbocycles. The summed E-state index contributed by atoms with van der Waals surface area (Å²) in [6.45, 7) is 2.09. The molecule has 2 heterocycles. The Hall–Kier alpha value is -2.28. The quantitative estimate of drug-likeness (QED) is 0.670. The second kappa shape index (κ2) is 6.45. The smallest absolute Gasteiger partial charge is 0.341 e. The molecule has 2 aliphatic rings. The number of aliphatic imine (C=N–C) groups is 1. The minimum Gasteiger partial charge on any atom is -0.465 e. The predicted octanol–water partition coefficient (Wildman–Crippen LogP) is 2.04. The average Bonchev–Trinajstić information content (AvgIpc) is 3.01. The van der Waals surface area contributed by atoms with E-state index in [2.05, 4.69) is 10.3 Å². The van der Waals surface area contributed by atoms with Crippen LogP contribution < -0.4 is 14.8 Å². The molecule has 7 nitrogen and oxygen atoms in total. The third-order valence-corrected chi connectivity index (χ3v) is 3.92.